The first-order valence-electron chi connectivity index (χ1n) is 9.67. The first-order chi connectivity index (χ1) is 10.6. The van der Waals surface area contributed by atoms with Gasteiger partial charge in [0.05, 0.1) is 0 Å². The van der Waals surface area contributed by atoms with Crippen LogP contribution in [-0.4, -0.2) is 30.9 Å². The molecule has 2 nitrogen and oxygen atoms in total. The SMILES string of the molecule is CCC[Si](CCC)(CCCC[Si](CCC)(CCC)OC)OC. The van der Waals surface area contributed by atoms with E-state index in [2.05, 4.69) is 27.7 Å². The van der Waals surface area contributed by atoms with Crippen molar-refractivity contribution in [2.24, 2.45) is 0 Å². The van der Waals surface area contributed by atoms with Crippen molar-refractivity contribution in [2.75, 3.05) is 14.2 Å². The molecule has 22 heavy (non-hydrogen) atoms. The fraction of sp³-hybridized carbons (Fsp3) is 1.00. The summed E-state index contributed by atoms with van der Waals surface area (Å²) in [6.45, 7) is 9.23. The predicted molar refractivity (Wildman–Crippen MR) is 105 cm³/mol. The van der Waals surface area contributed by atoms with E-state index >= 15 is 0 Å². The Hall–Kier alpha value is 0.354. The molecule has 0 heterocycles. The maximum atomic E-state index is 6.09. The molecule has 0 aromatic carbocycles. The van der Waals surface area contributed by atoms with Crippen LogP contribution in [0, 0.1) is 0 Å². The van der Waals surface area contributed by atoms with Crippen molar-refractivity contribution in [1.82, 2.24) is 0 Å². The molecule has 0 saturated heterocycles. The van der Waals surface area contributed by atoms with E-state index in [-0.39, 0.29) is 0 Å². The molecule has 0 N–H and O–H groups in total. The van der Waals surface area contributed by atoms with Crippen LogP contribution >= 0.6 is 0 Å². The fourth-order valence-corrected chi connectivity index (χ4v) is 12.2. The highest BCUT2D eigenvalue weighted by molar-refractivity contribution is 6.74. The molecule has 0 aliphatic rings. The van der Waals surface area contributed by atoms with Crippen LogP contribution in [0.15, 0.2) is 0 Å². The Labute approximate surface area is 142 Å². The van der Waals surface area contributed by atoms with Crippen LogP contribution in [0.3, 0.4) is 0 Å². The fourth-order valence-electron chi connectivity index (χ4n) is 4.08. The minimum absolute atomic E-state index is 1.28. The summed E-state index contributed by atoms with van der Waals surface area (Å²) in [5.41, 5.74) is 0. The normalized spacial score (nSPS) is 12.8. The zero-order valence-corrected chi connectivity index (χ0v) is 18.3. The second-order valence-corrected chi connectivity index (χ2v) is 15.5. The molecular formula is C18H42O2Si2. The Morgan fingerprint density at radius 3 is 0.955 bits per heavy atom. The van der Waals surface area contributed by atoms with E-state index in [0.717, 1.165) is 0 Å². The highest BCUT2D eigenvalue weighted by Crippen LogP contribution is 2.31. The Kier molecular flexibility index (Phi) is 12.9. The van der Waals surface area contributed by atoms with Crippen LogP contribution in [0.4, 0.5) is 0 Å². The third kappa shape index (κ3) is 7.76. The number of hydrogen-bond donors (Lipinski definition) is 0. The first kappa shape index (κ1) is 22.4. The molecule has 0 spiro atoms. The lowest BCUT2D eigenvalue weighted by molar-refractivity contribution is 0.379. The largest absolute Gasteiger partial charge is 0.420 e. The van der Waals surface area contributed by atoms with E-state index < -0.39 is 16.6 Å². The number of hydrogen-bond acceptors (Lipinski definition) is 2. The van der Waals surface area contributed by atoms with E-state index in [1.165, 1.54) is 74.8 Å². The lowest BCUT2D eigenvalue weighted by atomic mass is 10.4. The molecule has 0 unspecified atom stereocenters. The summed E-state index contributed by atoms with van der Waals surface area (Å²) in [7, 11) is 1.07. The zero-order valence-electron chi connectivity index (χ0n) is 16.3. The third-order valence-electron chi connectivity index (χ3n) is 5.20. The molecule has 0 aromatic rings. The summed E-state index contributed by atoms with van der Waals surface area (Å²) in [5, 5.41) is 0. The molecule has 0 amide bonds. The monoisotopic (exact) mass is 346 g/mol. The highest BCUT2D eigenvalue weighted by atomic mass is 28.4. The first-order valence-corrected chi connectivity index (χ1v) is 14.7. The minimum Gasteiger partial charge on any atom is -0.420 e. The standard InChI is InChI=1S/C18H42O2Si2/c1-7-13-21(19-5,14-8-2)17-11-12-18-22(20-6,15-9-3)16-10-4/h7-18H2,1-6H3. The summed E-state index contributed by atoms with van der Waals surface area (Å²) in [4.78, 5) is 0. The van der Waals surface area contributed by atoms with Gasteiger partial charge in [-0.25, -0.2) is 0 Å². The Bertz CT molecular complexity index is 221. The van der Waals surface area contributed by atoms with Gasteiger partial charge in [0.25, 0.3) is 0 Å². The molecule has 4 heteroatoms. The molecule has 0 aromatic heterocycles. The summed E-state index contributed by atoms with van der Waals surface area (Å²) in [6, 6.07) is 8.08. The van der Waals surface area contributed by atoms with Gasteiger partial charge in [-0.15, -0.1) is 0 Å². The minimum atomic E-state index is -1.44. The van der Waals surface area contributed by atoms with Gasteiger partial charge in [-0.05, 0) is 36.3 Å². The van der Waals surface area contributed by atoms with E-state index in [1.807, 2.05) is 14.2 Å². The second-order valence-electron chi connectivity index (χ2n) is 6.98. The van der Waals surface area contributed by atoms with Gasteiger partial charge >= 0.3 is 0 Å². The quantitative estimate of drug-likeness (QED) is 0.246. The predicted octanol–water partition coefficient (Wildman–Crippen LogP) is 6.59. The van der Waals surface area contributed by atoms with Crippen molar-refractivity contribution in [2.45, 2.75) is 102 Å². The van der Waals surface area contributed by atoms with E-state index in [9.17, 15) is 0 Å². The van der Waals surface area contributed by atoms with Gasteiger partial charge in [0.15, 0.2) is 16.6 Å². The topological polar surface area (TPSA) is 18.5 Å². The van der Waals surface area contributed by atoms with Crippen molar-refractivity contribution >= 4 is 16.6 Å². The third-order valence-corrected chi connectivity index (χ3v) is 15.1. The molecule has 0 aliphatic carbocycles. The lowest BCUT2D eigenvalue weighted by Crippen LogP contribution is -2.38. The maximum Gasteiger partial charge on any atom is 0.192 e. The van der Waals surface area contributed by atoms with Crippen LogP contribution < -0.4 is 0 Å². The second kappa shape index (κ2) is 12.7. The van der Waals surface area contributed by atoms with Crippen molar-refractivity contribution < 1.29 is 8.85 Å². The molecule has 0 atom stereocenters. The smallest absolute Gasteiger partial charge is 0.192 e. The van der Waals surface area contributed by atoms with Crippen LogP contribution in [0.25, 0.3) is 0 Å². The molecule has 0 saturated carbocycles. The summed E-state index contributed by atoms with van der Waals surface area (Å²) < 4.78 is 12.2. The summed E-state index contributed by atoms with van der Waals surface area (Å²) >= 11 is 0. The van der Waals surface area contributed by atoms with E-state index in [0.29, 0.717) is 0 Å². The summed E-state index contributed by atoms with van der Waals surface area (Å²) in [6.07, 6.45) is 7.83. The van der Waals surface area contributed by atoms with Gasteiger partial charge in [-0.1, -0.05) is 66.2 Å². The molecule has 0 aliphatic heterocycles. The van der Waals surface area contributed by atoms with Crippen molar-refractivity contribution in [1.29, 1.82) is 0 Å². The van der Waals surface area contributed by atoms with Gasteiger partial charge in [0.2, 0.25) is 0 Å². The zero-order chi connectivity index (χ0) is 16.9. The number of unbranched alkanes of at least 4 members (excludes halogenated alkanes) is 1. The van der Waals surface area contributed by atoms with Crippen molar-refractivity contribution in [3.05, 3.63) is 0 Å². The average Bonchev–Trinajstić information content (AvgIpc) is 2.52. The van der Waals surface area contributed by atoms with Crippen molar-refractivity contribution in [3.63, 3.8) is 0 Å². The lowest BCUT2D eigenvalue weighted by Gasteiger charge is -2.31. The van der Waals surface area contributed by atoms with Gasteiger partial charge < -0.3 is 8.85 Å². The van der Waals surface area contributed by atoms with E-state index in [4.69, 9.17) is 8.85 Å². The summed E-state index contributed by atoms with van der Waals surface area (Å²) in [5.74, 6) is 0. The Balaban J connectivity index is 4.44. The molecule has 0 radical (unpaired) electrons. The van der Waals surface area contributed by atoms with Crippen LogP contribution in [0.2, 0.25) is 36.3 Å². The molecular weight excluding hydrogens is 304 g/mol. The van der Waals surface area contributed by atoms with Crippen LogP contribution in [0.5, 0.6) is 0 Å². The molecule has 0 fully saturated rings. The number of rotatable bonds is 15. The van der Waals surface area contributed by atoms with Gasteiger partial charge in [-0.3, -0.25) is 0 Å². The molecule has 134 valence electrons. The van der Waals surface area contributed by atoms with E-state index in [1.54, 1.807) is 0 Å². The Morgan fingerprint density at radius 1 is 0.500 bits per heavy atom. The highest BCUT2D eigenvalue weighted by Gasteiger charge is 2.34. The van der Waals surface area contributed by atoms with Crippen molar-refractivity contribution in [3.8, 4) is 0 Å². The Morgan fingerprint density at radius 2 is 0.773 bits per heavy atom. The maximum absolute atomic E-state index is 6.09. The van der Waals surface area contributed by atoms with Gasteiger partial charge in [-0.2, -0.15) is 0 Å². The van der Waals surface area contributed by atoms with Gasteiger partial charge in [0.1, 0.15) is 0 Å². The van der Waals surface area contributed by atoms with Crippen LogP contribution in [-0.2, 0) is 8.85 Å². The average molecular weight is 347 g/mol. The van der Waals surface area contributed by atoms with Gasteiger partial charge in [0, 0.05) is 14.2 Å². The van der Waals surface area contributed by atoms with Crippen LogP contribution in [0.1, 0.15) is 66.2 Å². The molecule has 0 bridgehead atoms. The molecule has 0 rings (SSSR count).